The highest BCUT2D eigenvalue weighted by atomic mass is 35.5. The third-order valence-electron chi connectivity index (χ3n) is 4.63. The van der Waals surface area contributed by atoms with E-state index in [0.29, 0.717) is 19.6 Å². The molecule has 0 radical (unpaired) electrons. The molecule has 4 atom stereocenters. The van der Waals surface area contributed by atoms with Crippen molar-refractivity contribution in [2.24, 2.45) is 11.7 Å². The minimum Gasteiger partial charge on any atom is -0.459 e. The maximum absolute atomic E-state index is 13.2. The van der Waals surface area contributed by atoms with Crippen LogP contribution >= 0.6 is 12.4 Å². The molecule has 0 aromatic heterocycles. The van der Waals surface area contributed by atoms with Crippen molar-refractivity contribution in [1.82, 2.24) is 0 Å². The summed E-state index contributed by atoms with van der Waals surface area (Å²) in [6, 6.07) is 5.63. The molecule has 1 fully saturated rings. The summed E-state index contributed by atoms with van der Waals surface area (Å²) in [6.45, 7) is 5.10. The van der Waals surface area contributed by atoms with E-state index in [0.717, 1.165) is 24.8 Å². The fourth-order valence-electron chi connectivity index (χ4n) is 3.17. The van der Waals surface area contributed by atoms with Crippen molar-refractivity contribution in [1.29, 1.82) is 0 Å². The van der Waals surface area contributed by atoms with E-state index >= 15 is 0 Å². The standard InChI is InChI=1S/C20H30FNO4.ClH/c1-3-4-5-10-25-19-14(2)26-20(23)18(22)13-24-12-16(19)11-15-6-8-17(21)9-7-15;/h6-9,14,16,18-19H,3-5,10-13,22H2,1-2H3;1H/t14-,16-,18-,19-;/m0./s1. The molecule has 0 unspecified atom stereocenters. The van der Waals surface area contributed by atoms with E-state index in [-0.39, 0.29) is 36.9 Å². The Labute approximate surface area is 167 Å². The first-order valence-electron chi connectivity index (χ1n) is 9.41. The monoisotopic (exact) mass is 403 g/mol. The van der Waals surface area contributed by atoms with Crippen LogP contribution in [0.15, 0.2) is 24.3 Å². The molecule has 1 heterocycles. The normalized spacial score (nSPS) is 26.3. The molecule has 0 bridgehead atoms. The molecule has 0 spiro atoms. The third kappa shape index (κ3) is 7.74. The van der Waals surface area contributed by atoms with Crippen LogP contribution in [0.5, 0.6) is 0 Å². The van der Waals surface area contributed by atoms with E-state index in [4.69, 9.17) is 19.9 Å². The predicted octanol–water partition coefficient (Wildman–Crippen LogP) is 3.27. The maximum atomic E-state index is 13.2. The van der Waals surface area contributed by atoms with Gasteiger partial charge in [-0.25, -0.2) is 4.39 Å². The molecule has 154 valence electrons. The Kier molecular flexibility index (Phi) is 10.8. The van der Waals surface area contributed by atoms with Crippen molar-refractivity contribution >= 4 is 18.4 Å². The molecule has 2 N–H and O–H groups in total. The Hall–Kier alpha value is -1.21. The highest BCUT2D eigenvalue weighted by Crippen LogP contribution is 2.23. The summed E-state index contributed by atoms with van der Waals surface area (Å²) in [4.78, 5) is 12.0. The lowest BCUT2D eigenvalue weighted by Gasteiger charge is -2.31. The molecule has 1 aliphatic heterocycles. The van der Waals surface area contributed by atoms with Gasteiger partial charge in [-0.3, -0.25) is 4.79 Å². The van der Waals surface area contributed by atoms with Gasteiger partial charge in [-0.1, -0.05) is 31.9 Å². The summed E-state index contributed by atoms with van der Waals surface area (Å²) in [5.41, 5.74) is 6.79. The summed E-state index contributed by atoms with van der Waals surface area (Å²) >= 11 is 0. The van der Waals surface area contributed by atoms with E-state index in [2.05, 4.69) is 6.92 Å². The first-order chi connectivity index (χ1) is 12.5. The van der Waals surface area contributed by atoms with Gasteiger partial charge in [0.2, 0.25) is 0 Å². The fraction of sp³-hybridized carbons (Fsp3) is 0.650. The van der Waals surface area contributed by atoms with E-state index < -0.39 is 18.1 Å². The Morgan fingerprint density at radius 3 is 2.59 bits per heavy atom. The number of halogens is 2. The van der Waals surface area contributed by atoms with Crippen molar-refractivity contribution in [2.45, 2.75) is 57.8 Å². The van der Waals surface area contributed by atoms with Crippen molar-refractivity contribution in [3.63, 3.8) is 0 Å². The van der Waals surface area contributed by atoms with Crippen LogP contribution in [-0.2, 0) is 25.4 Å². The highest BCUT2D eigenvalue weighted by molar-refractivity contribution is 5.85. The van der Waals surface area contributed by atoms with Crippen LogP contribution in [0.2, 0.25) is 0 Å². The van der Waals surface area contributed by atoms with Crippen molar-refractivity contribution in [3.05, 3.63) is 35.6 Å². The summed E-state index contributed by atoms with van der Waals surface area (Å²) in [5, 5.41) is 0. The lowest BCUT2D eigenvalue weighted by molar-refractivity contribution is -0.159. The number of esters is 1. The van der Waals surface area contributed by atoms with E-state index in [1.165, 1.54) is 12.1 Å². The largest absolute Gasteiger partial charge is 0.459 e. The molecule has 1 aromatic rings. The quantitative estimate of drug-likeness (QED) is 0.558. The molecular formula is C20H31ClFNO4. The number of carbonyl (C=O) groups excluding carboxylic acids is 1. The van der Waals surface area contributed by atoms with Crippen LogP contribution in [0, 0.1) is 11.7 Å². The van der Waals surface area contributed by atoms with Crippen LogP contribution < -0.4 is 5.73 Å². The molecule has 0 amide bonds. The van der Waals surface area contributed by atoms with Gasteiger partial charge in [0.1, 0.15) is 18.0 Å². The first kappa shape index (κ1) is 23.8. The Morgan fingerprint density at radius 2 is 1.93 bits per heavy atom. The van der Waals surface area contributed by atoms with Gasteiger partial charge in [-0.05, 0) is 37.5 Å². The molecular weight excluding hydrogens is 373 g/mol. The topological polar surface area (TPSA) is 70.8 Å². The highest BCUT2D eigenvalue weighted by Gasteiger charge is 2.33. The molecule has 1 aromatic carbocycles. The number of cyclic esters (lactones) is 1. The molecule has 2 rings (SSSR count). The minimum absolute atomic E-state index is 0. The molecule has 1 aliphatic rings. The third-order valence-corrected chi connectivity index (χ3v) is 4.63. The zero-order valence-corrected chi connectivity index (χ0v) is 16.9. The van der Waals surface area contributed by atoms with Crippen LogP contribution in [-0.4, -0.2) is 44.0 Å². The van der Waals surface area contributed by atoms with Crippen LogP contribution in [0.25, 0.3) is 0 Å². The zero-order valence-electron chi connectivity index (χ0n) is 16.1. The van der Waals surface area contributed by atoms with Gasteiger partial charge in [-0.2, -0.15) is 0 Å². The zero-order chi connectivity index (χ0) is 18.9. The van der Waals surface area contributed by atoms with Crippen molar-refractivity contribution < 1.29 is 23.4 Å². The number of benzene rings is 1. The smallest absolute Gasteiger partial charge is 0.325 e. The Balaban J connectivity index is 0.00000364. The second kappa shape index (κ2) is 12.3. The van der Waals surface area contributed by atoms with Crippen LogP contribution in [0.3, 0.4) is 0 Å². The average molecular weight is 404 g/mol. The van der Waals surface area contributed by atoms with Gasteiger partial charge in [0, 0.05) is 12.5 Å². The SMILES string of the molecule is CCCCCO[C@@H]1[C@@H](Cc2ccc(F)cc2)COC[C@H](N)C(=O)O[C@H]1C.Cl. The summed E-state index contributed by atoms with van der Waals surface area (Å²) < 4.78 is 30.5. The number of ether oxygens (including phenoxy) is 3. The van der Waals surface area contributed by atoms with E-state index in [1.807, 2.05) is 6.92 Å². The maximum Gasteiger partial charge on any atom is 0.325 e. The van der Waals surface area contributed by atoms with Crippen molar-refractivity contribution in [2.75, 3.05) is 19.8 Å². The molecule has 7 heteroatoms. The minimum atomic E-state index is -0.789. The van der Waals surface area contributed by atoms with Crippen LogP contribution in [0.1, 0.15) is 38.7 Å². The van der Waals surface area contributed by atoms with E-state index in [1.54, 1.807) is 12.1 Å². The number of rotatable bonds is 7. The summed E-state index contributed by atoms with van der Waals surface area (Å²) in [6.07, 6.45) is 3.07. The molecule has 5 nitrogen and oxygen atoms in total. The molecule has 1 saturated heterocycles. The van der Waals surface area contributed by atoms with Crippen molar-refractivity contribution in [3.8, 4) is 0 Å². The molecule has 0 aliphatic carbocycles. The average Bonchev–Trinajstić information content (AvgIpc) is 2.66. The predicted molar refractivity (Wildman–Crippen MR) is 104 cm³/mol. The van der Waals surface area contributed by atoms with E-state index in [9.17, 15) is 9.18 Å². The number of hydrogen-bond acceptors (Lipinski definition) is 5. The van der Waals surface area contributed by atoms with Gasteiger partial charge in [-0.15, -0.1) is 12.4 Å². The lowest BCUT2D eigenvalue weighted by atomic mass is 9.91. The molecule has 27 heavy (non-hydrogen) atoms. The second-order valence-corrected chi connectivity index (χ2v) is 6.92. The summed E-state index contributed by atoms with van der Waals surface area (Å²) in [5.74, 6) is -0.752. The van der Waals surface area contributed by atoms with Gasteiger partial charge in [0.15, 0.2) is 0 Å². The number of nitrogens with two attached hydrogens (primary N) is 1. The van der Waals surface area contributed by atoms with Crippen LogP contribution in [0.4, 0.5) is 4.39 Å². The lowest BCUT2D eigenvalue weighted by Crippen LogP contribution is -2.42. The first-order valence-corrected chi connectivity index (χ1v) is 9.41. The number of hydrogen-bond donors (Lipinski definition) is 1. The number of unbranched alkanes of at least 4 members (excludes halogenated alkanes) is 2. The van der Waals surface area contributed by atoms with Gasteiger partial charge >= 0.3 is 5.97 Å². The van der Waals surface area contributed by atoms with Gasteiger partial charge in [0.25, 0.3) is 0 Å². The molecule has 0 saturated carbocycles. The number of carbonyl (C=O) groups is 1. The Bertz CT molecular complexity index is 557. The van der Waals surface area contributed by atoms with Gasteiger partial charge < -0.3 is 19.9 Å². The summed E-state index contributed by atoms with van der Waals surface area (Å²) in [7, 11) is 0. The second-order valence-electron chi connectivity index (χ2n) is 6.92. The Morgan fingerprint density at radius 1 is 1.22 bits per heavy atom. The van der Waals surface area contributed by atoms with Gasteiger partial charge in [0.05, 0.1) is 19.3 Å². The fourth-order valence-corrected chi connectivity index (χ4v) is 3.17.